The SMILES string of the molecule is O=S(=O)(O[I+](c1ccccc1)c1ccccc1)c1ccc(F)cc1F. The van der Waals surface area contributed by atoms with Crippen molar-refractivity contribution in [3.05, 3.63) is 97.6 Å². The minimum atomic E-state index is -4.38. The van der Waals surface area contributed by atoms with Gasteiger partial charge in [0.2, 0.25) is 0 Å². The Bertz CT molecular complexity index is 925. The van der Waals surface area contributed by atoms with Crippen LogP contribution in [0.1, 0.15) is 0 Å². The lowest BCUT2D eigenvalue weighted by atomic mass is 10.3. The number of hydrogen-bond acceptors (Lipinski definition) is 3. The van der Waals surface area contributed by atoms with Gasteiger partial charge in [0.05, 0.1) is 0 Å². The van der Waals surface area contributed by atoms with Crippen LogP contribution >= 0.6 is 0 Å². The molecule has 0 N–H and O–H groups in total. The summed E-state index contributed by atoms with van der Waals surface area (Å²) in [5.41, 5.74) is 0. The molecule has 0 aliphatic heterocycles. The summed E-state index contributed by atoms with van der Waals surface area (Å²) in [6.45, 7) is 0. The summed E-state index contributed by atoms with van der Waals surface area (Å²) in [7, 11) is -4.38. The van der Waals surface area contributed by atoms with Crippen molar-refractivity contribution in [3.63, 3.8) is 0 Å². The summed E-state index contributed by atoms with van der Waals surface area (Å²) in [5.74, 6) is -2.02. The molecule has 129 valence electrons. The van der Waals surface area contributed by atoms with Crippen molar-refractivity contribution in [3.8, 4) is 0 Å². The van der Waals surface area contributed by atoms with Crippen molar-refractivity contribution >= 4 is 10.1 Å². The normalized spacial score (nSPS) is 11.6. The van der Waals surface area contributed by atoms with Gasteiger partial charge in [-0.2, -0.15) is 8.42 Å². The molecule has 0 spiro atoms. The largest absolute Gasteiger partial charge is 0.339 e. The molecule has 0 amide bonds. The second-order valence-electron chi connectivity index (χ2n) is 4.93. The second-order valence-corrected chi connectivity index (χ2v) is 11.4. The highest BCUT2D eigenvalue weighted by atomic mass is 127. The van der Waals surface area contributed by atoms with E-state index >= 15 is 0 Å². The van der Waals surface area contributed by atoms with Gasteiger partial charge in [-0.25, -0.2) is 8.78 Å². The summed E-state index contributed by atoms with van der Waals surface area (Å²) in [5, 5.41) is 0. The highest BCUT2D eigenvalue weighted by molar-refractivity contribution is 7.86. The van der Waals surface area contributed by atoms with Crippen LogP contribution in [0, 0.1) is 18.8 Å². The van der Waals surface area contributed by atoms with Crippen molar-refractivity contribution in [2.24, 2.45) is 0 Å². The molecule has 0 unspecified atom stereocenters. The van der Waals surface area contributed by atoms with Crippen molar-refractivity contribution < 1.29 is 39.9 Å². The van der Waals surface area contributed by atoms with Gasteiger partial charge in [0, 0.05) is 6.07 Å². The van der Waals surface area contributed by atoms with Crippen LogP contribution in [-0.2, 0) is 12.6 Å². The summed E-state index contributed by atoms with van der Waals surface area (Å²) in [4.78, 5) is -0.664. The quantitative estimate of drug-likeness (QED) is 0.518. The van der Waals surface area contributed by atoms with Crippen LogP contribution in [0.5, 0.6) is 0 Å². The number of rotatable bonds is 5. The lowest BCUT2D eigenvalue weighted by Gasteiger charge is -2.06. The molecule has 0 aliphatic rings. The molecule has 3 rings (SSSR count). The van der Waals surface area contributed by atoms with E-state index in [9.17, 15) is 17.2 Å². The Morgan fingerprint density at radius 3 is 1.76 bits per heavy atom. The number of hydrogen-bond donors (Lipinski definition) is 0. The third-order valence-corrected chi connectivity index (χ3v) is 10.5. The molecule has 0 aliphatic carbocycles. The standard InChI is InChI=1S/C18H13F2IO3S/c19-14-11-12-18(17(20)13-14)25(22,23)24-21(15-7-3-1-4-8-15)16-9-5-2-6-10-16/h1-13H/q+1. The Morgan fingerprint density at radius 1 is 0.760 bits per heavy atom. The molecule has 0 fully saturated rings. The van der Waals surface area contributed by atoms with Gasteiger partial charge >= 0.3 is 30.4 Å². The van der Waals surface area contributed by atoms with E-state index in [1.54, 1.807) is 48.5 Å². The number of benzene rings is 3. The smallest absolute Gasteiger partial charge is 0.207 e. The number of halogens is 3. The van der Waals surface area contributed by atoms with Crippen LogP contribution in [0.15, 0.2) is 83.8 Å². The summed E-state index contributed by atoms with van der Waals surface area (Å²) in [6.07, 6.45) is 0. The molecule has 3 nitrogen and oxygen atoms in total. The molecule has 1 radical (unpaired) electrons. The molecule has 25 heavy (non-hydrogen) atoms. The molecular weight excluding hydrogens is 461 g/mol. The molecule has 3 aromatic rings. The van der Waals surface area contributed by atoms with E-state index in [4.69, 9.17) is 2.51 Å². The monoisotopic (exact) mass is 474 g/mol. The van der Waals surface area contributed by atoms with Crippen molar-refractivity contribution in [1.82, 2.24) is 0 Å². The molecule has 0 heterocycles. The van der Waals surface area contributed by atoms with Crippen LogP contribution in [0.4, 0.5) is 8.78 Å². The summed E-state index contributed by atoms with van der Waals surface area (Å²) in [6, 6.07) is 20.2. The van der Waals surface area contributed by atoms with Gasteiger partial charge in [0.15, 0.2) is 7.14 Å². The fourth-order valence-corrected chi connectivity index (χ4v) is 9.07. The topological polar surface area (TPSA) is 43.4 Å². The first-order valence-electron chi connectivity index (χ1n) is 7.17. The van der Waals surface area contributed by atoms with Gasteiger partial charge in [0.25, 0.3) is 0 Å². The van der Waals surface area contributed by atoms with E-state index < -0.39 is 46.9 Å². The van der Waals surface area contributed by atoms with Crippen LogP contribution < -0.4 is 20.2 Å². The minimum Gasteiger partial charge on any atom is -0.207 e. The molecule has 0 bridgehead atoms. The van der Waals surface area contributed by atoms with Crippen LogP contribution in [0.25, 0.3) is 0 Å². The molecule has 0 atom stereocenters. The second kappa shape index (κ2) is 7.59. The molecule has 0 aromatic heterocycles. The predicted octanol–water partition coefficient (Wildman–Crippen LogP) is 0.949. The highest BCUT2D eigenvalue weighted by Crippen LogP contribution is 2.16. The van der Waals surface area contributed by atoms with E-state index in [-0.39, 0.29) is 0 Å². The first kappa shape index (κ1) is 18.0. The Kier molecular flexibility index (Phi) is 5.45. The van der Waals surface area contributed by atoms with Crippen molar-refractivity contribution in [1.29, 1.82) is 0 Å². The Balaban J connectivity index is 2.03. The molecule has 0 saturated heterocycles. The van der Waals surface area contributed by atoms with E-state index in [0.29, 0.717) is 6.07 Å². The maximum absolute atomic E-state index is 13.9. The fourth-order valence-electron chi connectivity index (χ4n) is 2.05. The third kappa shape index (κ3) is 4.23. The predicted molar refractivity (Wildman–Crippen MR) is 84.9 cm³/mol. The third-order valence-electron chi connectivity index (χ3n) is 3.17. The van der Waals surface area contributed by atoms with Crippen molar-refractivity contribution in [2.75, 3.05) is 0 Å². The average Bonchev–Trinajstić information content (AvgIpc) is 2.61. The molecule has 0 saturated carbocycles. The van der Waals surface area contributed by atoms with Gasteiger partial charge < -0.3 is 0 Å². The zero-order chi connectivity index (χ0) is 17.9. The van der Waals surface area contributed by atoms with Gasteiger partial charge in [-0.3, -0.25) is 0 Å². The zero-order valence-electron chi connectivity index (χ0n) is 12.8. The summed E-state index contributed by atoms with van der Waals surface area (Å²) < 4.78 is 59.1. The molecule has 3 aromatic carbocycles. The minimum absolute atomic E-state index is 0.528. The van der Waals surface area contributed by atoms with E-state index in [1.807, 2.05) is 12.1 Å². The molecule has 7 heteroatoms. The Morgan fingerprint density at radius 2 is 1.28 bits per heavy atom. The van der Waals surface area contributed by atoms with E-state index in [0.717, 1.165) is 19.3 Å². The Hall–Kier alpha value is -1.84. The van der Waals surface area contributed by atoms with Crippen LogP contribution in [0.2, 0.25) is 0 Å². The average molecular weight is 474 g/mol. The fraction of sp³-hybridized carbons (Fsp3) is 0. The Labute approximate surface area is 152 Å². The lowest BCUT2D eigenvalue weighted by molar-refractivity contribution is -1.03. The first-order chi connectivity index (χ1) is 12.0. The van der Waals surface area contributed by atoms with Gasteiger partial charge in [-0.05, 0) is 38.9 Å². The summed E-state index contributed by atoms with van der Waals surface area (Å²) >= 11 is -2.84. The zero-order valence-corrected chi connectivity index (χ0v) is 15.7. The first-order valence-corrected chi connectivity index (χ1v) is 11.6. The molecular formula is C18H13F2IO3S+. The van der Waals surface area contributed by atoms with Crippen LogP contribution in [-0.4, -0.2) is 8.42 Å². The lowest BCUT2D eigenvalue weighted by Crippen LogP contribution is -3.85. The maximum Gasteiger partial charge on any atom is 0.339 e. The van der Waals surface area contributed by atoms with E-state index in [2.05, 4.69) is 0 Å². The van der Waals surface area contributed by atoms with E-state index in [1.165, 1.54) is 0 Å². The van der Waals surface area contributed by atoms with Gasteiger partial charge in [-0.1, -0.05) is 36.4 Å². The van der Waals surface area contributed by atoms with Gasteiger partial charge in [0.1, 0.15) is 16.5 Å². The highest BCUT2D eigenvalue weighted by Gasteiger charge is 2.38. The maximum atomic E-state index is 13.9. The van der Waals surface area contributed by atoms with Crippen LogP contribution in [0.3, 0.4) is 0 Å². The van der Waals surface area contributed by atoms with Crippen molar-refractivity contribution in [2.45, 2.75) is 4.90 Å². The van der Waals surface area contributed by atoms with Gasteiger partial charge in [-0.15, -0.1) is 0 Å².